The maximum Gasteiger partial charge on any atom is 0.222 e. The second kappa shape index (κ2) is 9.26. The van der Waals surface area contributed by atoms with Crippen LogP contribution in [-0.4, -0.2) is 63.7 Å². The molecule has 8 heteroatoms. The molecule has 1 unspecified atom stereocenters. The number of benzene rings is 1. The van der Waals surface area contributed by atoms with Crippen LogP contribution in [0.25, 0.3) is 11.1 Å². The lowest BCUT2D eigenvalue weighted by Gasteiger charge is -2.39. The smallest absolute Gasteiger partial charge is 0.222 e. The number of carbonyl (C=O) groups is 1. The summed E-state index contributed by atoms with van der Waals surface area (Å²) >= 11 is 0. The molecule has 4 rings (SSSR count). The zero-order chi connectivity index (χ0) is 21.8. The number of hydrogen-bond acceptors (Lipinski definition) is 7. The molecule has 0 amide bonds. The second-order valence-electron chi connectivity index (χ2n) is 7.79. The van der Waals surface area contributed by atoms with Crippen LogP contribution in [0.4, 0.5) is 11.6 Å². The first-order valence-electron chi connectivity index (χ1n) is 10.7. The van der Waals surface area contributed by atoms with Gasteiger partial charge in [-0.05, 0) is 32.9 Å². The quantitative estimate of drug-likeness (QED) is 0.590. The molecular weight excluding hydrogens is 390 g/mol. The van der Waals surface area contributed by atoms with Crippen molar-refractivity contribution in [1.29, 1.82) is 0 Å². The van der Waals surface area contributed by atoms with Crippen LogP contribution >= 0.6 is 0 Å². The van der Waals surface area contributed by atoms with Gasteiger partial charge in [0, 0.05) is 67.6 Å². The second-order valence-corrected chi connectivity index (χ2v) is 7.79. The van der Waals surface area contributed by atoms with Gasteiger partial charge in [0.2, 0.25) is 5.95 Å². The van der Waals surface area contributed by atoms with Crippen molar-refractivity contribution in [1.82, 2.24) is 24.6 Å². The Morgan fingerprint density at radius 1 is 1.10 bits per heavy atom. The largest absolute Gasteiger partial charge is 0.368 e. The van der Waals surface area contributed by atoms with E-state index in [2.05, 4.69) is 48.4 Å². The van der Waals surface area contributed by atoms with E-state index in [0.717, 1.165) is 67.2 Å². The fourth-order valence-electron chi connectivity index (χ4n) is 4.15. The van der Waals surface area contributed by atoms with E-state index in [1.807, 2.05) is 50.0 Å². The zero-order valence-corrected chi connectivity index (χ0v) is 18.3. The molecule has 1 aliphatic rings. The lowest BCUT2D eigenvalue weighted by atomic mass is 10.1. The Morgan fingerprint density at radius 2 is 1.81 bits per heavy atom. The first kappa shape index (κ1) is 21.0. The van der Waals surface area contributed by atoms with Gasteiger partial charge in [-0.3, -0.25) is 9.69 Å². The Kier molecular flexibility index (Phi) is 6.27. The minimum absolute atomic E-state index is 0.363. The number of rotatable bonds is 7. The number of hydrogen-bond donors (Lipinski definition) is 1. The summed E-state index contributed by atoms with van der Waals surface area (Å²) in [6, 6.07) is 10.4. The van der Waals surface area contributed by atoms with E-state index in [1.54, 1.807) is 0 Å². The van der Waals surface area contributed by atoms with E-state index in [0.29, 0.717) is 5.95 Å². The standard InChI is InChI=1S/C23H29N7O/c1-4-24-23-25-14-19(15-26-23)20-7-5-6-8-21(20)28-9-11-29(12-10-28)22(16-31)30-18(3)13-17(2)27-30/h5-8,13-16,22H,4,9-12H2,1-3H3,(H,24,25,26). The maximum absolute atomic E-state index is 11.9. The normalized spacial score (nSPS) is 15.6. The fourth-order valence-corrected chi connectivity index (χ4v) is 4.15. The van der Waals surface area contributed by atoms with Crippen LogP contribution in [0.3, 0.4) is 0 Å². The molecule has 1 aliphatic heterocycles. The van der Waals surface area contributed by atoms with Gasteiger partial charge in [0.05, 0.1) is 5.69 Å². The fraction of sp³-hybridized carbons (Fsp3) is 0.391. The summed E-state index contributed by atoms with van der Waals surface area (Å²) in [5.41, 5.74) is 5.20. The highest BCUT2D eigenvalue weighted by atomic mass is 16.1. The number of carbonyl (C=O) groups excluding carboxylic acids is 1. The molecule has 0 saturated carbocycles. The Balaban J connectivity index is 1.50. The summed E-state index contributed by atoms with van der Waals surface area (Å²) in [4.78, 5) is 25.3. The topological polar surface area (TPSA) is 79.2 Å². The summed E-state index contributed by atoms with van der Waals surface area (Å²) in [6.07, 6.45) is 4.36. The van der Waals surface area contributed by atoms with Crippen LogP contribution in [0.5, 0.6) is 0 Å². The number of aldehydes is 1. The zero-order valence-electron chi connectivity index (χ0n) is 18.3. The SMILES string of the molecule is CCNc1ncc(-c2ccccc2N2CCN(C(C=O)n3nc(C)cc3C)CC2)cn1. The average Bonchev–Trinajstić information content (AvgIpc) is 3.13. The van der Waals surface area contributed by atoms with Crippen molar-refractivity contribution in [3.63, 3.8) is 0 Å². The molecule has 1 fully saturated rings. The highest BCUT2D eigenvalue weighted by Crippen LogP contribution is 2.31. The van der Waals surface area contributed by atoms with E-state index in [-0.39, 0.29) is 6.17 Å². The predicted octanol–water partition coefficient (Wildman–Crippen LogP) is 2.91. The first-order valence-corrected chi connectivity index (χ1v) is 10.7. The number of piperazine rings is 1. The van der Waals surface area contributed by atoms with Crippen molar-refractivity contribution in [2.24, 2.45) is 0 Å². The molecule has 0 aliphatic carbocycles. The van der Waals surface area contributed by atoms with E-state index >= 15 is 0 Å². The summed E-state index contributed by atoms with van der Waals surface area (Å²) in [5, 5.41) is 7.65. The number of aryl methyl sites for hydroxylation is 2. The lowest BCUT2D eigenvalue weighted by Crippen LogP contribution is -2.49. The maximum atomic E-state index is 11.9. The number of aromatic nitrogens is 4. The highest BCUT2D eigenvalue weighted by molar-refractivity contribution is 5.78. The van der Waals surface area contributed by atoms with E-state index < -0.39 is 0 Å². The van der Waals surface area contributed by atoms with Crippen molar-refractivity contribution in [3.05, 3.63) is 54.1 Å². The summed E-state index contributed by atoms with van der Waals surface area (Å²) in [7, 11) is 0. The summed E-state index contributed by atoms with van der Waals surface area (Å²) < 4.78 is 1.83. The average molecular weight is 420 g/mol. The summed E-state index contributed by atoms with van der Waals surface area (Å²) in [6.45, 7) is 9.99. The minimum atomic E-state index is -0.363. The minimum Gasteiger partial charge on any atom is -0.368 e. The Labute approximate surface area is 182 Å². The van der Waals surface area contributed by atoms with Gasteiger partial charge in [-0.25, -0.2) is 14.6 Å². The van der Waals surface area contributed by atoms with Crippen molar-refractivity contribution in [2.45, 2.75) is 26.9 Å². The van der Waals surface area contributed by atoms with Crippen LogP contribution in [0.2, 0.25) is 0 Å². The number of anilines is 2. The molecule has 1 aromatic carbocycles. The van der Waals surface area contributed by atoms with Crippen LogP contribution in [0.1, 0.15) is 24.5 Å². The first-order chi connectivity index (χ1) is 15.1. The van der Waals surface area contributed by atoms with Gasteiger partial charge in [-0.1, -0.05) is 18.2 Å². The van der Waals surface area contributed by atoms with Crippen LogP contribution in [0.15, 0.2) is 42.7 Å². The van der Waals surface area contributed by atoms with E-state index in [4.69, 9.17) is 0 Å². The van der Waals surface area contributed by atoms with Crippen molar-refractivity contribution in [3.8, 4) is 11.1 Å². The summed E-state index contributed by atoms with van der Waals surface area (Å²) in [5.74, 6) is 0.640. The van der Waals surface area contributed by atoms with Gasteiger partial charge in [-0.2, -0.15) is 5.10 Å². The molecule has 3 aromatic rings. The molecular formula is C23H29N7O. The van der Waals surface area contributed by atoms with Crippen LogP contribution in [0, 0.1) is 13.8 Å². The molecule has 0 spiro atoms. The highest BCUT2D eigenvalue weighted by Gasteiger charge is 2.27. The van der Waals surface area contributed by atoms with Gasteiger partial charge in [0.1, 0.15) is 0 Å². The molecule has 0 radical (unpaired) electrons. The van der Waals surface area contributed by atoms with Gasteiger partial charge < -0.3 is 10.2 Å². The molecule has 1 N–H and O–H groups in total. The third-order valence-corrected chi connectivity index (χ3v) is 5.65. The molecule has 8 nitrogen and oxygen atoms in total. The van der Waals surface area contributed by atoms with Gasteiger partial charge in [0.25, 0.3) is 0 Å². The van der Waals surface area contributed by atoms with Crippen molar-refractivity contribution < 1.29 is 4.79 Å². The van der Waals surface area contributed by atoms with E-state index in [1.165, 1.54) is 0 Å². The molecule has 3 heterocycles. The number of para-hydroxylation sites is 1. The third-order valence-electron chi connectivity index (χ3n) is 5.65. The van der Waals surface area contributed by atoms with Gasteiger partial charge >= 0.3 is 0 Å². The van der Waals surface area contributed by atoms with Gasteiger partial charge in [-0.15, -0.1) is 0 Å². The molecule has 162 valence electrons. The Hall–Kier alpha value is -3.26. The molecule has 1 saturated heterocycles. The Morgan fingerprint density at radius 3 is 2.42 bits per heavy atom. The number of nitrogens with zero attached hydrogens (tertiary/aromatic N) is 6. The molecule has 31 heavy (non-hydrogen) atoms. The molecule has 1 atom stereocenters. The van der Waals surface area contributed by atoms with Crippen LogP contribution < -0.4 is 10.2 Å². The lowest BCUT2D eigenvalue weighted by molar-refractivity contribution is -0.116. The van der Waals surface area contributed by atoms with Crippen LogP contribution in [-0.2, 0) is 4.79 Å². The Bertz CT molecular complexity index is 1020. The van der Waals surface area contributed by atoms with E-state index in [9.17, 15) is 4.79 Å². The predicted molar refractivity (Wildman–Crippen MR) is 122 cm³/mol. The third kappa shape index (κ3) is 4.44. The van der Waals surface area contributed by atoms with Crippen molar-refractivity contribution >= 4 is 17.9 Å². The molecule has 2 aromatic heterocycles. The van der Waals surface area contributed by atoms with Crippen molar-refractivity contribution in [2.75, 3.05) is 42.9 Å². The number of nitrogens with one attached hydrogen (secondary N) is 1. The van der Waals surface area contributed by atoms with Gasteiger partial charge in [0.15, 0.2) is 12.5 Å². The molecule has 0 bridgehead atoms. The monoisotopic (exact) mass is 419 g/mol.